The first-order chi connectivity index (χ1) is 7.89. The van der Waals surface area contributed by atoms with Gasteiger partial charge < -0.3 is 8.90 Å². The van der Waals surface area contributed by atoms with E-state index in [1.54, 1.807) is 0 Å². The average Bonchev–Trinajstić information content (AvgIpc) is 2.23. The van der Waals surface area contributed by atoms with Gasteiger partial charge in [-0.2, -0.15) is 13.2 Å². The molecule has 0 aliphatic rings. The minimum atomic E-state index is -4.60. The van der Waals surface area contributed by atoms with Crippen LogP contribution in [0.1, 0.15) is 11.4 Å². The van der Waals surface area contributed by atoms with Gasteiger partial charge in [-0.1, -0.05) is 6.07 Å². The van der Waals surface area contributed by atoms with E-state index >= 15 is 0 Å². The first kappa shape index (κ1) is 14.5. The molecular weight excluding hydrogens is 250 g/mol. The number of aromatic nitrogens is 1. The van der Waals surface area contributed by atoms with Crippen LogP contribution in [0.5, 0.6) is 0 Å². The Morgan fingerprint density at radius 2 is 2.18 bits per heavy atom. The van der Waals surface area contributed by atoms with Crippen LogP contribution in [0, 0.1) is 6.92 Å². The summed E-state index contributed by atoms with van der Waals surface area (Å²) in [7, 11) is 0. The summed E-state index contributed by atoms with van der Waals surface area (Å²) in [5.74, 6) is 0. The van der Waals surface area contributed by atoms with Gasteiger partial charge in [-0.25, -0.2) is 0 Å². The highest BCUT2D eigenvalue weighted by molar-refractivity contribution is 6.26. The highest BCUT2D eigenvalue weighted by atomic mass is 27.1. The van der Waals surface area contributed by atoms with Gasteiger partial charge in [-0.3, -0.25) is 4.98 Å². The van der Waals surface area contributed by atoms with E-state index in [-0.39, 0.29) is 0 Å². The van der Waals surface area contributed by atoms with Crippen molar-refractivity contribution in [3.05, 3.63) is 29.6 Å². The fourth-order valence-electron chi connectivity index (χ4n) is 1.20. The smallest absolute Gasteiger partial charge is 0.441 e. The van der Waals surface area contributed by atoms with Crippen molar-refractivity contribution in [1.29, 1.82) is 0 Å². The van der Waals surface area contributed by atoms with Gasteiger partial charge in [0.2, 0.25) is 0 Å². The lowest BCUT2D eigenvalue weighted by molar-refractivity contribution is -0.210. The lowest BCUT2D eigenvalue weighted by Gasteiger charge is -2.14. The summed E-state index contributed by atoms with van der Waals surface area (Å²) >= 11 is -1.13. The van der Waals surface area contributed by atoms with Gasteiger partial charge in [0.1, 0.15) is 0 Å². The molecule has 0 aliphatic carbocycles. The van der Waals surface area contributed by atoms with E-state index in [4.69, 9.17) is 8.90 Å². The number of pyridine rings is 1. The monoisotopic (exact) mass is 263 g/mol. The fourth-order valence-corrected chi connectivity index (χ4v) is 2.23. The van der Waals surface area contributed by atoms with Crippen molar-refractivity contribution in [2.45, 2.75) is 24.5 Å². The third kappa shape index (κ3) is 5.51. The summed E-state index contributed by atoms with van der Waals surface area (Å²) in [5, 5.41) is 9.25. The van der Waals surface area contributed by atoms with Crippen LogP contribution in [0.3, 0.4) is 0 Å². The molecule has 0 amide bonds. The second-order valence-electron chi connectivity index (χ2n) is 3.65. The third-order valence-corrected chi connectivity index (χ3v) is 3.34. The number of aliphatic hydroxyl groups excluding tert-OH is 1. The van der Waals surface area contributed by atoms with E-state index in [2.05, 4.69) is 4.98 Å². The molecule has 1 aromatic heterocycles. The molecule has 1 heterocycles. The van der Waals surface area contributed by atoms with Crippen LogP contribution < -0.4 is 0 Å². The van der Waals surface area contributed by atoms with Crippen molar-refractivity contribution in [3.63, 3.8) is 0 Å². The van der Waals surface area contributed by atoms with Gasteiger partial charge in [-0.05, 0) is 24.3 Å². The Bertz CT molecular complexity index is 360. The van der Waals surface area contributed by atoms with Gasteiger partial charge >= 0.3 is 21.7 Å². The lowest BCUT2D eigenvalue weighted by Crippen LogP contribution is -2.33. The topological polar surface area (TPSA) is 42.4 Å². The predicted molar refractivity (Wildman–Crippen MR) is 57.8 cm³/mol. The molecule has 3 nitrogen and oxygen atoms in total. The Balaban J connectivity index is 2.25. The molecule has 0 radical (unpaired) electrons. The van der Waals surface area contributed by atoms with Gasteiger partial charge in [-0.15, -0.1) is 0 Å². The molecular formula is C10H13AlF3NO2. The largest absolute Gasteiger partial charge is 0.501 e. The zero-order chi connectivity index (χ0) is 12.9. The number of hydrogen-bond acceptors (Lipinski definition) is 3. The zero-order valence-electron chi connectivity index (χ0n) is 9.37. The maximum absolute atomic E-state index is 11.9. The number of hydrogen-bond donors (Lipinski definition) is 1. The summed E-state index contributed by atoms with van der Waals surface area (Å²) < 4.78 is 40.7. The molecule has 0 spiro atoms. The number of rotatable bonds is 5. The van der Waals surface area contributed by atoms with E-state index < -0.39 is 34.4 Å². The summed E-state index contributed by atoms with van der Waals surface area (Å²) in [6, 6.07) is 5.50. The van der Waals surface area contributed by atoms with Crippen molar-refractivity contribution < 1.29 is 22.1 Å². The second-order valence-corrected chi connectivity index (χ2v) is 4.97. The maximum Gasteiger partial charge on any atom is 0.441 e. The van der Waals surface area contributed by atoms with Crippen LogP contribution >= 0.6 is 0 Å². The molecule has 1 aromatic rings. The van der Waals surface area contributed by atoms with Gasteiger partial charge in [0.25, 0.3) is 0 Å². The third-order valence-electron chi connectivity index (χ3n) is 2.10. The summed E-state index contributed by atoms with van der Waals surface area (Å²) in [6.45, 7) is 1.17. The SMILES string of the molecule is Cc1cccc([CH2][AlH][O]CC(O)C(F)(F)F)n1. The highest BCUT2D eigenvalue weighted by Crippen LogP contribution is 2.19. The molecule has 17 heavy (non-hydrogen) atoms. The second kappa shape index (κ2) is 6.36. The Labute approximate surface area is 104 Å². The van der Waals surface area contributed by atoms with E-state index in [9.17, 15) is 13.2 Å². The van der Waals surface area contributed by atoms with Crippen molar-refractivity contribution in [2.24, 2.45) is 0 Å². The molecule has 0 saturated carbocycles. The van der Waals surface area contributed by atoms with Crippen molar-refractivity contribution in [2.75, 3.05) is 6.61 Å². The van der Waals surface area contributed by atoms with Crippen molar-refractivity contribution in [3.8, 4) is 0 Å². The van der Waals surface area contributed by atoms with Crippen molar-refractivity contribution >= 4 is 15.6 Å². The number of halogens is 3. The number of aryl methyl sites for hydroxylation is 1. The predicted octanol–water partition coefficient (Wildman–Crippen LogP) is 1.18. The Morgan fingerprint density at radius 1 is 1.47 bits per heavy atom. The van der Waals surface area contributed by atoms with E-state index in [0.717, 1.165) is 11.4 Å². The minimum absolute atomic E-state index is 0.562. The summed E-state index contributed by atoms with van der Waals surface area (Å²) in [4.78, 5) is 4.21. The Kier molecular flexibility index (Phi) is 5.41. The summed E-state index contributed by atoms with van der Waals surface area (Å²) in [5.41, 5.74) is 1.69. The van der Waals surface area contributed by atoms with Crippen LogP contribution in [-0.4, -0.2) is 44.5 Å². The normalized spacial score (nSPS) is 13.5. The van der Waals surface area contributed by atoms with Crippen LogP contribution in [0.4, 0.5) is 13.2 Å². The Hall–Kier alpha value is -0.608. The molecule has 0 aromatic carbocycles. The molecule has 0 saturated heterocycles. The zero-order valence-corrected chi connectivity index (χ0v) is 10.8. The number of aliphatic hydroxyl groups is 1. The van der Waals surface area contributed by atoms with Crippen molar-refractivity contribution in [1.82, 2.24) is 4.98 Å². The lowest BCUT2D eigenvalue weighted by atomic mass is 10.3. The molecule has 0 bridgehead atoms. The number of alkyl halides is 3. The molecule has 1 atom stereocenters. The van der Waals surface area contributed by atoms with E-state index in [1.165, 1.54) is 0 Å². The van der Waals surface area contributed by atoms with Crippen LogP contribution in [0.15, 0.2) is 18.2 Å². The molecule has 0 fully saturated rings. The first-order valence-corrected chi connectivity index (χ1v) is 6.72. The number of nitrogens with zero attached hydrogens (tertiary/aromatic N) is 1. The maximum atomic E-state index is 11.9. The quantitative estimate of drug-likeness (QED) is 0.640. The fraction of sp³-hybridized carbons (Fsp3) is 0.500. The van der Waals surface area contributed by atoms with Crippen LogP contribution in [0.2, 0.25) is 0 Å². The van der Waals surface area contributed by atoms with Gasteiger partial charge in [0.15, 0.2) is 6.10 Å². The molecule has 1 unspecified atom stereocenters. The average molecular weight is 263 g/mol. The van der Waals surface area contributed by atoms with E-state index in [0.29, 0.717) is 5.28 Å². The standard InChI is InChI=1S/C7H8N.C3H4F3O2.Al.H/c1-6-4-3-5-7(2)8-6;4-3(5,6)2(8)1-7;;/h3-5H,1H2,2H3;2,8H,1H2;;/q;-1;+1;. The molecule has 94 valence electrons. The molecule has 1 N–H and O–H groups in total. The minimum Gasteiger partial charge on any atom is -0.501 e. The Morgan fingerprint density at radius 3 is 2.76 bits per heavy atom. The molecule has 0 aliphatic heterocycles. The van der Waals surface area contributed by atoms with Crippen LogP contribution in [-0.2, 0) is 9.07 Å². The van der Waals surface area contributed by atoms with Crippen LogP contribution in [0.25, 0.3) is 0 Å². The first-order valence-electron chi connectivity index (χ1n) is 5.14. The van der Waals surface area contributed by atoms with E-state index in [1.807, 2.05) is 25.1 Å². The molecule has 7 heteroatoms. The molecule has 1 rings (SSSR count). The summed E-state index contributed by atoms with van der Waals surface area (Å²) in [6.07, 6.45) is -6.99. The highest BCUT2D eigenvalue weighted by Gasteiger charge is 2.37. The van der Waals surface area contributed by atoms with Gasteiger partial charge in [0.05, 0.1) is 0 Å². The van der Waals surface area contributed by atoms with Gasteiger partial charge in [0, 0.05) is 18.0 Å².